The molecule has 118 valence electrons. The first kappa shape index (κ1) is 18.7. The summed E-state index contributed by atoms with van der Waals surface area (Å²) >= 11 is 0. The highest BCUT2D eigenvalue weighted by Crippen LogP contribution is 2.04. The second-order valence-corrected chi connectivity index (χ2v) is 5.84. The fraction of sp³-hybridized carbons (Fsp3) is 0.867. The lowest BCUT2D eigenvalue weighted by molar-refractivity contribution is -0.143. The van der Waals surface area contributed by atoms with E-state index in [0.717, 1.165) is 38.2 Å². The number of aliphatic imine (C=N–C) groups is 1. The van der Waals surface area contributed by atoms with Crippen molar-refractivity contribution in [3.05, 3.63) is 0 Å². The van der Waals surface area contributed by atoms with E-state index in [2.05, 4.69) is 36.4 Å². The summed E-state index contributed by atoms with van der Waals surface area (Å²) in [5.41, 5.74) is 0.0154. The Bertz CT molecular complexity index is 296. The quantitative estimate of drug-likeness (QED) is 0.311. The second kappa shape index (κ2) is 10.5. The first-order valence-electron chi connectivity index (χ1n) is 7.53. The lowest BCUT2D eigenvalue weighted by Crippen LogP contribution is -2.47. The summed E-state index contributed by atoms with van der Waals surface area (Å²) in [5.74, 6) is 0.754. The smallest absolute Gasteiger partial charge is 0.305 e. The van der Waals surface area contributed by atoms with Crippen LogP contribution in [0.15, 0.2) is 4.99 Å². The number of rotatable bonds is 8. The third kappa shape index (κ3) is 11.8. The van der Waals surface area contributed by atoms with Gasteiger partial charge in [-0.05, 0) is 40.5 Å². The molecule has 0 aliphatic heterocycles. The summed E-state index contributed by atoms with van der Waals surface area (Å²) in [6.45, 7) is 9.53. The summed E-state index contributed by atoms with van der Waals surface area (Å²) < 4.78 is 4.89. The molecule has 0 spiro atoms. The maximum Gasteiger partial charge on any atom is 0.305 e. The van der Waals surface area contributed by atoms with Crippen molar-refractivity contribution < 1.29 is 9.53 Å². The predicted molar refractivity (Wildman–Crippen MR) is 84.0 cm³/mol. The van der Waals surface area contributed by atoms with Crippen molar-refractivity contribution in [2.45, 2.75) is 65.3 Å². The molecule has 0 unspecified atom stereocenters. The van der Waals surface area contributed by atoms with Crippen LogP contribution < -0.4 is 10.6 Å². The Morgan fingerprint density at radius 1 is 1.15 bits per heavy atom. The maximum absolute atomic E-state index is 11.1. The van der Waals surface area contributed by atoms with E-state index in [0.29, 0.717) is 13.0 Å². The minimum atomic E-state index is -0.0830. The van der Waals surface area contributed by atoms with E-state index >= 15 is 0 Å². The van der Waals surface area contributed by atoms with E-state index in [-0.39, 0.29) is 11.5 Å². The molecular formula is C15H31N3O2. The summed E-state index contributed by atoms with van der Waals surface area (Å²) in [7, 11) is 1.78. The Hall–Kier alpha value is -1.26. The van der Waals surface area contributed by atoms with E-state index in [9.17, 15) is 4.79 Å². The van der Waals surface area contributed by atoms with Crippen molar-refractivity contribution in [2.24, 2.45) is 4.99 Å². The lowest BCUT2D eigenvalue weighted by atomic mass is 10.1. The van der Waals surface area contributed by atoms with E-state index < -0.39 is 0 Å². The summed E-state index contributed by atoms with van der Waals surface area (Å²) in [6, 6.07) is 0. The van der Waals surface area contributed by atoms with Gasteiger partial charge in [0, 0.05) is 25.6 Å². The highest BCUT2D eigenvalue weighted by molar-refractivity contribution is 5.80. The zero-order valence-corrected chi connectivity index (χ0v) is 13.7. The molecule has 0 aliphatic carbocycles. The monoisotopic (exact) mass is 285 g/mol. The second-order valence-electron chi connectivity index (χ2n) is 5.84. The number of carbonyl (C=O) groups is 1. The van der Waals surface area contributed by atoms with Crippen LogP contribution in [0.3, 0.4) is 0 Å². The fourth-order valence-corrected chi connectivity index (χ4v) is 1.72. The van der Waals surface area contributed by atoms with Crippen molar-refractivity contribution in [1.29, 1.82) is 0 Å². The Balaban J connectivity index is 3.54. The Morgan fingerprint density at radius 2 is 1.80 bits per heavy atom. The van der Waals surface area contributed by atoms with Gasteiger partial charge in [0.2, 0.25) is 0 Å². The van der Waals surface area contributed by atoms with Gasteiger partial charge in [-0.2, -0.15) is 0 Å². The van der Waals surface area contributed by atoms with Gasteiger partial charge < -0.3 is 15.4 Å². The largest absolute Gasteiger partial charge is 0.466 e. The van der Waals surface area contributed by atoms with Gasteiger partial charge in [-0.15, -0.1) is 0 Å². The third-order valence-electron chi connectivity index (χ3n) is 2.62. The molecule has 0 rings (SSSR count). The van der Waals surface area contributed by atoms with E-state index in [1.807, 2.05) is 6.92 Å². The van der Waals surface area contributed by atoms with Gasteiger partial charge in [0.15, 0.2) is 5.96 Å². The summed E-state index contributed by atoms with van der Waals surface area (Å²) in [4.78, 5) is 15.3. The number of unbranched alkanes of at least 4 members (excludes halogenated alkanes) is 3. The maximum atomic E-state index is 11.1. The number of nitrogens with zero attached hydrogens (tertiary/aromatic N) is 1. The minimum absolute atomic E-state index is 0.0154. The van der Waals surface area contributed by atoms with Crippen molar-refractivity contribution in [2.75, 3.05) is 20.2 Å². The molecule has 5 heteroatoms. The molecule has 0 radical (unpaired) electrons. The number of guanidine groups is 1. The van der Waals surface area contributed by atoms with Crippen molar-refractivity contribution in [3.8, 4) is 0 Å². The molecule has 0 atom stereocenters. The molecule has 0 aromatic rings. The molecule has 0 aromatic carbocycles. The van der Waals surface area contributed by atoms with Crippen LogP contribution in [0, 0.1) is 0 Å². The van der Waals surface area contributed by atoms with Gasteiger partial charge in [-0.25, -0.2) is 0 Å². The first-order valence-corrected chi connectivity index (χ1v) is 7.53. The average Bonchev–Trinajstić information content (AvgIpc) is 2.35. The van der Waals surface area contributed by atoms with Crippen LogP contribution in [0.5, 0.6) is 0 Å². The first-order chi connectivity index (χ1) is 9.39. The van der Waals surface area contributed by atoms with E-state index in [1.165, 1.54) is 0 Å². The fourth-order valence-electron chi connectivity index (χ4n) is 1.72. The zero-order chi connectivity index (χ0) is 15.4. The molecule has 2 N–H and O–H groups in total. The van der Waals surface area contributed by atoms with Crippen LogP contribution in [0.1, 0.15) is 59.8 Å². The molecular weight excluding hydrogens is 254 g/mol. The molecule has 0 bridgehead atoms. The number of hydrogen-bond donors (Lipinski definition) is 2. The van der Waals surface area contributed by atoms with Crippen LogP contribution >= 0.6 is 0 Å². The van der Waals surface area contributed by atoms with Crippen LogP contribution in [0.4, 0.5) is 0 Å². The van der Waals surface area contributed by atoms with E-state index in [1.54, 1.807) is 7.05 Å². The average molecular weight is 285 g/mol. The van der Waals surface area contributed by atoms with Gasteiger partial charge in [-0.3, -0.25) is 9.79 Å². The van der Waals surface area contributed by atoms with Crippen LogP contribution in [0.25, 0.3) is 0 Å². The normalized spacial score (nSPS) is 12.2. The van der Waals surface area contributed by atoms with Crippen molar-refractivity contribution in [1.82, 2.24) is 10.6 Å². The molecule has 0 saturated carbocycles. The zero-order valence-electron chi connectivity index (χ0n) is 13.7. The highest BCUT2D eigenvalue weighted by Gasteiger charge is 2.11. The number of esters is 1. The summed E-state index contributed by atoms with van der Waals surface area (Å²) in [5, 5.41) is 6.61. The highest BCUT2D eigenvalue weighted by atomic mass is 16.5. The Kier molecular flexibility index (Phi) is 9.86. The molecule has 0 saturated heterocycles. The van der Waals surface area contributed by atoms with Crippen molar-refractivity contribution >= 4 is 11.9 Å². The van der Waals surface area contributed by atoms with Gasteiger partial charge in [0.1, 0.15) is 0 Å². The Labute approximate surface area is 123 Å². The number of carbonyl (C=O) groups excluding carboxylic acids is 1. The van der Waals surface area contributed by atoms with Gasteiger partial charge in [0.05, 0.1) is 6.61 Å². The molecule has 20 heavy (non-hydrogen) atoms. The molecule has 0 aliphatic rings. The van der Waals surface area contributed by atoms with Gasteiger partial charge in [-0.1, -0.05) is 12.8 Å². The Morgan fingerprint density at radius 3 is 2.35 bits per heavy atom. The molecule has 0 fully saturated rings. The molecule has 5 nitrogen and oxygen atoms in total. The van der Waals surface area contributed by atoms with E-state index in [4.69, 9.17) is 4.74 Å². The predicted octanol–water partition coefficient (Wildman–Crippen LogP) is 2.46. The topological polar surface area (TPSA) is 62.7 Å². The number of hydrogen-bond acceptors (Lipinski definition) is 3. The summed E-state index contributed by atoms with van der Waals surface area (Å²) in [6.07, 6.45) is 4.70. The number of nitrogens with one attached hydrogen (secondary N) is 2. The molecule has 0 heterocycles. The molecule has 0 aromatic heterocycles. The minimum Gasteiger partial charge on any atom is -0.466 e. The SMILES string of the molecule is CCOC(=O)CCCCCCNC(=NC)NC(C)(C)C. The third-order valence-corrected chi connectivity index (χ3v) is 2.62. The van der Waals surface area contributed by atoms with Gasteiger partial charge in [0.25, 0.3) is 0 Å². The van der Waals surface area contributed by atoms with Crippen LogP contribution in [0.2, 0.25) is 0 Å². The van der Waals surface area contributed by atoms with Crippen LogP contribution in [-0.2, 0) is 9.53 Å². The standard InChI is InChI=1S/C15H31N3O2/c1-6-20-13(19)11-9-7-8-10-12-17-14(16-5)18-15(2,3)4/h6-12H2,1-5H3,(H2,16,17,18). The van der Waals surface area contributed by atoms with Gasteiger partial charge >= 0.3 is 5.97 Å². The van der Waals surface area contributed by atoms with Crippen molar-refractivity contribution in [3.63, 3.8) is 0 Å². The van der Waals surface area contributed by atoms with Crippen LogP contribution in [-0.4, -0.2) is 37.7 Å². The number of ether oxygens (including phenoxy) is 1. The molecule has 0 amide bonds. The lowest BCUT2D eigenvalue weighted by Gasteiger charge is -2.23.